The number of carbonyl (C=O) groups excluding carboxylic acids is 2. The Balaban J connectivity index is 1.53. The van der Waals surface area contributed by atoms with Crippen molar-refractivity contribution in [1.29, 1.82) is 0 Å². The molecule has 1 aliphatic rings. The van der Waals surface area contributed by atoms with Crippen LogP contribution in [0.4, 0.5) is 4.79 Å². The molecule has 1 aromatic carbocycles. The van der Waals surface area contributed by atoms with Crippen molar-refractivity contribution in [2.45, 2.75) is 32.0 Å². The zero-order valence-corrected chi connectivity index (χ0v) is 16.1. The molecule has 0 radical (unpaired) electrons. The van der Waals surface area contributed by atoms with E-state index in [1.807, 2.05) is 41.1 Å². The Labute approximate surface area is 159 Å². The molecule has 5 nitrogen and oxygen atoms in total. The van der Waals surface area contributed by atoms with E-state index in [1.54, 1.807) is 16.2 Å². The minimum atomic E-state index is -0.388. The van der Waals surface area contributed by atoms with Crippen molar-refractivity contribution in [3.8, 4) is 0 Å². The SMILES string of the molecule is O=C(NCc1ccsc1)[C@@H]1CCCN1C(=O)NCc1cccc(Br)c1. The molecule has 0 saturated carbocycles. The summed E-state index contributed by atoms with van der Waals surface area (Å²) in [6, 6.07) is 9.22. The van der Waals surface area contributed by atoms with E-state index in [9.17, 15) is 9.59 Å². The molecule has 3 amide bonds. The smallest absolute Gasteiger partial charge is 0.318 e. The first kappa shape index (κ1) is 17.9. The summed E-state index contributed by atoms with van der Waals surface area (Å²) in [6.07, 6.45) is 1.56. The Morgan fingerprint density at radius 2 is 2.04 bits per heavy atom. The van der Waals surface area contributed by atoms with Crippen LogP contribution in [0.15, 0.2) is 45.6 Å². The fourth-order valence-corrected chi connectivity index (χ4v) is 4.02. The van der Waals surface area contributed by atoms with Crippen LogP contribution in [0.3, 0.4) is 0 Å². The number of urea groups is 1. The molecule has 2 aromatic rings. The molecular weight excluding hydrogens is 402 g/mol. The van der Waals surface area contributed by atoms with Crippen molar-refractivity contribution < 1.29 is 9.59 Å². The van der Waals surface area contributed by atoms with Gasteiger partial charge in [0.15, 0.2) is 0 Å². The van der Waals surface area contributed by atoms with E-state index in [1.165, 1.54) is 0 Å². The van der Waals surface area contributed by atoms with Crippen LogP contribution in [-0.4, -0.2) is 29.4 Å². The number of hydrogen-bond acceptors (Lipinski definition) is 3. The molecule has 1 aromatic heterocycles. The number of thiophene rings is 1. The molecule has 132 valence electrons. The molecule has 0 aliphatic carbocycles. The number of rotatable bonds is 5. The maximum Gasteiger partial charge on any atom is 0.318 e. The molecule has 1 atom stereocenters. The Bertz CT molecular complexity index is 736. The van der Waals surface area contributed by atoms with Crippen molar-refractivity contribution in [2.24, 2.45) is 0 Å². The summed E-state index contributed by atoms with van der Waals surface area (Å²) in [5, 5.41) is 9.84. The first-order chi connectivity index (χ1) is 12.1. The molecule has 3 rings (SSSR count). The number of hydrogen-bond donors (Lipinski definition) is 2. The van der Waals surface area contributed by atoms with E-state index >= 15 is 0 Å². The van der Waals surface area contributed by atoms with Gasteiger partial charge in [0.2, 0.25) is 5.91 Å². The van der Waals surface area contributed by atoms with E-state index in [-0.39, 0.29) is 18.0 Å². The molecule has 0 unspecified atom stereocenters. The Morgan fingerprint density at radius 1 is 1.20 bits per heavy atom. The second-order valence-electron chi connectivity index (χ2n) is 5.99. The molecule has 2 heterocycles. The third-order valence-electron chi connectivity index (χ3n) is 4.20. The van der Waals surface area contributed by atoms with Gasteiger partial charge in [0.25, 0.3) is 0 Å². The molecule has 0 bridgehead atoms. The summed E-state index contributed by atoms with van der Waals surface area (Å²) < 4.78 is 0.978. The molecule has 25 heavy (non-hydrogen) atoms. The number of nitrogens with zero attached hydrogens (tertiary/aromatic N) is 1. The van der Waals surface area contributed by atoms with Gasteiger partial charge in [-0.3, -0.25) is 4.79 Å². The molecule has 2 N–H and O–H groups in total. The first-order valence-corrected chi connectivity index (χ1v) is 9.95. The average Bonchev–Trinajstić information content (AvgIpc) is 3.29. The predicted octanol–water partition coefficient (Wildman–Crippen LogP) is 3.50. The topological polar surface area (TPSA) is 61.4 Å². The summed E-state index contributed by atoms with van der Waals surface area (Å²) in [5.74, 6) is -0.0821. The van der Waals surface area contributed by atoms with Gasteiger partial charge in [-0.1, -0.05) is 28.1 Å². The summed E-state index contributed by atoms with van der Waals surface area (Å²) >= 11 is 5.03. The maximum absolute atomic E-state index is 12.5. The van der Waals surface area contributed by atoms with Crippen LogP contribution in [0.25, 0.3) is 0 Å². The second kappa shape index (κ2) is 8.49. The summed E-state index contributed by atoms with van der Waals surface area (Å²) in [7, 11) is 0. The lowest BCUT2D eigenvalue weighted by Gasteiger charge is -2.24. The Morgan fingerprint density at radius 3 is 2.80 bits per heavy atom. The van der Waals surface area contributed by atoms with E-state index < -0.39 is 0 Å². The number of nitrogens with one attached hydrogen (secondary N) is 2. The van der Waals surface area contributed by atoms with Crippen molar-refractivity contribution >= 4 is 39.2 Å². The van der Waals surface area contributed by atoms with Crippen LogP contribution in [0.1, 0.15) is 24.0 Å². The standard InChI is InChI=1S/C18H20BrN3O2S/c19-15-4-1-3-13(9-15)10-21-18(24)22-7-2-5-16(22)17(23)20-11-14-6-8-25-12-14/h1,3-4,6,8-9,12,16H,2,5,7,10-11H2,(H,20,23)(H,21,24)/t16-/m0/s1. The number of likely N-dealkylation sites (tertiary alicyclic amines) is 1. The quantitative estimate of drug-likeness (QED) is 0.775. The van der Waals surface area contributed by atoms with Gasteiger partial charge in [0.05, 0.1) is 0 Å². The minimum Gasteiger partial charge on any atom is -0.350 e. The third kappa shape index (κ3) is 4.83. The maximum atomic E-state index is 12.5. The molecule has 1 aliphatic heterocycles. The average molecular weight is 422 g/mol. The molecule has 1 fully saturated rings. The van der Waals surface area contributed by atoms with E-state index in [4.69, 9.17) is 0 Å². The van der Waals surface area contributed by atoms with Crippen LogP contribution in [0, 0.1) is 0 Å². The number of amides is 3. The zero-order valence-electron chi connectivity index (χ0n) is 13.7. The van der Waals surface area contributed by atoms with Crippen molar-refractivity contribution in [3.63, 3.8) is 0 Å². The van der Waals surface area contributed by atoms with E-state index in [0.29, 0.717) is 26.1 Å². The predicted molar refractivity (Wildman–Crippen MR) is 102 cm³/mol. The van der Waals surface area contributed by atoms with E-state index in [2.05, 4.69) is 26.6 Å². The fourth-order valence-electron chi connectivity index (χ4n) is 2.91. The van der Waals surface area contributed by atoms with Gasteiger partial charge in [-0.05, 0) is 52.9 Å². The lowest BCUT2D eigenvalue weighted by atomic mass is 10.2. The number of carbonyl (C=O) groups is 2. The van der Waals surface area contributed by atoms with Crippen LogP contribution in [-0.2, 0) is 17.9 Å². The Hall–Kier alpha value is -1.86. The van der Waals surface area contributed by atoms with Crippen LogP contribution in [0.5, 0.6) is 0 Å². The number of benzene rings is 1. The first-order valence-electron chi connectivity index (χ1n) is 8.21. The highest BCUT2D eigenvalue weighted by Crippen LogP contribution is 2.18. The normalized spacial score (nSPS) is 16.7. The fraction of sp³-hybridized carbons (Fsp3) is 0.333. The van der Waals surface area contributed by atoms with Gasteiger partial charge in [-0.15, -0.1) is 0 Å². The lowest BCUT2D eigenvalue weighted by Crippen LogP contribution is -2.49. The summed E-state index contributed by atoms with van der Waals surface area (Å²) in [4.78, 5) is 26.6. The van der Waals surface area contributed by atoms with Crippen LogP contribution < -0.4 is 10.6 Å². The van der Waals surface area contributed by atoms with Crippen molar-refractivity contribution in [2.75, 3.05) is 6.54 Å². The number of halogens is 1. The van der Waals surface area contributed by atoms with Crippen LogP contribution >= 0.6 is 27.3 Å². The van der Waals surface area contributed by atoms with Gasteiger partial charge >= 0.3 is 6.03 Å². The van der Waals surface area contributed by atoms with Gasteiger partial charge < -0.3 is 15.5 Å². The van der Waals surface area contributed by atoms with E-state index in [0.717, 1.165) is 22.0 Å². The zero-order chi connectivity index (χ0) is 17.6. The van der Waals surface area contributed by atoms with Gasteiger partial charge in [-0.2, -0.15) is 11.3 Å². The van der Waals surface area contributed by atoms with Gasteiger partial charge in [0, 0.05) is 24.1 Å². The molecule has 7 heteroatoms. The van der Waals surface area contributed by atoms with Gasteiger partial charge in [-0.25, -0.2) is 4.79 Å². The summed E-state index contributed by atoms with van der Waals surface area (Å²) in [6.45, 7) is 1.56. The van der Waals surface area contributed by atoms with Crippen molar-refractivity contribution in [3.05, 3.63) is 56.7 Å². The molecule has 0 spiro atoms. The summed E-state index contributed by atoms with van der Waals surface area (Å²) in [5.41, 5.74) is 2.10. The largest absolute Gasteiger partial charge is 0.350 e. The van der Waals surface area contributed by atoms with Crippen molar-refractivity contribution in [1.82, 2.24) is 15.5 Å². The lowest BCUT2D eigenvalue weighted by molar-refractivity contribution is -0.124. The third-order valence-corrected chi connectivity index (χ3v) is 5.42. The van der Waals surface area contributed by atoms with Crippen LogP contribution in [0.2, 0.25) is 0 Å². The highest BCUT2D eigenvalue weighted by molar-refractivity contribution is 9.10. The monoisotopic (exact) mass is 421 g/mol. The minimum absolute atomic E-state index is 0.0821. The molecular formula is C18H20BrN3O2S. The Kier molecular flexibility index (Phi) is 6.09. The molecule has 1 saturated heterocycles. The highest BCUT2D eigenvalue weighted by Gasteiger charge is 2.33. The second-order valence-corrected chi connectivity index (χ2v) is 7.69. The van der Waals surface area contributed by atoms with Gasteiger partial charge in [0.1, 0.15) is 6.04 Å². The highest BCUT2D eigenvalue weighted by atomic mass is 79.9.